The fraction of sp³-hybridized carbons (Fsp3) is 0.273. The Hall–Kier alpha value is -2.02. The monoisotopic (exact) mass is 258 g/mol. The van der Waals surface area contributed by atoms with Crippen molar-refractivity contribution in [2.24, 2.45) is 0 Å². The van der Waals surface area contributed by atoms with E-state index in [1.807, 2.05) is 5.32 Å². The van der Waals surface area contributed by atoms with Gasteiger partial charge >= 0.3 is 11.8 Å². The molecule has 98 valence electrons. The summed E-state index contributed by atoms with van der Waals surface area (Å²) < 4.78 is 25.8. The van der Waals surface area contributed by atoms with Crippen molar-refractivity contribution in [2.45, 2.75) is 6.42 Å². The molecule has 0 saturated carbocycles. The van der Waals surface area contributed by atoms with Gasteiger partial charge in [-0.25, -0.2) is 8.78 Å². The van der Waals surface area contributed by atoms with E-state index in [1.54, 1.807) is 0 Å². The number of aliphatic hydroxyl groups excluding tert-OH is 1. The van der Waals surface area contributed by atoms with E-state index in [1.165, 1.54) is 0 Å². The highest BCUT2D eigenvalue weighted by molar-refractivity contribution is 6.39. The molecule has 7 heteroatoms. The Morgan fingerprint density at radius 3 is 2.56 bits per heavy atom. The summed E-state index contributed by atoms with van der Waals surface area (Å²) in [6.45, 7) is 0.0170. The number of rotatable bonds is 4. The van der Waals surface area contributed by atoms with Gasteiger partial charge in [0.2, 0.25) is 0 Å². The van der Waals surface area contributed by atoms with Crippen molar-refractivity contribution in [1.82, 2.24) is 5.32 Å². The maximum absolute atomic E-state index is 13.2. The van der Waals surface area contributed by atoms with E-state index in [0.29, 0.717) is 12.5 Å². The number of hydrogen-bond donors (Lipinski definition) is 3. The number of amides is 2. The molecule has 3 N–H and O–H groups in total. The number of nitrogens with one attached hydrogen (secondary N) is 2. The van der Waals surface area contributed by atoms with Gasteiger partial charge in [0.25, 0.3) is 0 Å². The van der Waals surface area contributed by atoms with Crippen molar-refractivity contribution in [1.29, 1.82) is 0 Å². The van der Waals surface area contributed by atoms with Gasteiger partial charge in [0.05, 0.1) is 5.69 Å². The summed E-state index contributed by atoms with van der Waals surface area (Å²) in [6.07, 6.45) is 0.309. The van der Waals surface area contributed by atoms with Crippen LogP contribution in [-0.2, 0) is 9.59 Å². The van der Waals surface area contributed by atoms with Crippen LogP contribution >= 0.6 is 0 Å². The summed E-state index contributed by atoms with van der Waals surface area (Å²) in [6, 6.07) is 2.57. The van der Waals surface area contributed by atoms with Gasteiger partial charge in [0.15, 0.2) is 0 Å². The molecule has 0 aliphatic heterocycles. The number of hydrogen-bond acceptors (Lipinski definition) is 3. The topological polar surface area (TPSA) is 78.4 Å². The standard InChI is InChI=1S/C11H12F2N2O3/c12-7-2-3-9(8(13)6-7)15-11(18)10(17)14-4-1-5-16/h2-3,6,16H,1,4-5H2,(H,14,17)(H,15,18). The quantitative estimate of drug-likeness (QED) is 0.540. The Morgan fingerprint density at radius 2 is 1.94 bits per heavy atom. The second kappa shape index (κ2) is 6.65. The minimum Gasteiger partial charge on any atom is -0.396 e. The molecule has 0 aromatic heterocycles. The molecule has 18 heavy (non-hydrogen) atoms. The predicted molar refractivity (Wildman–Crippen MR) is 59.7 cm³/mol. The SMILES string of the molecule is O=C(NCCCO)C(=O)Nc1ccc(F)cc1F. The Bertz CT molecular complexity index is 452. The van der Waals surface area contributed by atoms with E-state index >= 15 is 0 Å². The number of carbonyl (C=O) groups excluding carboxylic acids is 2. The zero-order valence-electron chi connectivity index (χ0n) is 9.37. The van der Waals surface area contributed by atoms with Gasteiger partial charge in [-0.3, -0.25) is 9.59 Å². The molecule has 0 atom stereocenters. The van der Waals surface area contributed by atoms with Crippen LogP contribution in [0.25, 0.3) is 0 Å². The fourth-order valence-corrected chi connectivity index (χ4v) is 1.13. The minimum atomic E-state index is -1.06. The molecule has 1 aromatic carbocycles. The number of anilines is 1. The minimum absolute atomic E-state index is 0.117. The van der Waals surface area contributed by atoms with Gasteiger partial charge in [-0.2, -0.15) is 0 Å². The third-order valence-electron chi connectivity index (χ3n) is 2.01. The average Bonchev–Trinajstić information content (AvgIpc) is 2.32. The average molecular weight is 258 g/mol. The largest absolute Gasteiger partial charge is 0.396 e. The van der Waals surface area contributed by atoms with E-state index in [2.05, 4.69) is 5.32 Å². The van der Waals surface area contributed by atoms with Gasteiger partial charge in [-0.15, -0.1) is 0 Å². The normalized spacial score (nSPS) is 9.94. The number of aliphatic hydroxyl groups is 1. The molecule has 0 spiro atoms. The zero-order valence-corrected chi connectivity index (χ0v) is 9.37. The van der Waals surface area contributed by atoms with E-state index in [9.17, 15) is 18.4 Å². The van der Waals surface area contributed by atoms with Crippen LogP contribution in [0.15, 0.2) is 18.2 Å². The van der Waals surface area contributed by atoms with Gasteiger partial charge in [-0.05, 0) is 18.6 Å². The fourth-order valence-electron chi connectivity index (χ4n) is 1.13. The summed E-state index contributed by atoms with van der Waals surface area (Å²) in [5.74, 6) is -3.75. The van der Waals surface area contributed by atoms with Crippen LogP contribution < -0.4 is 10.6 Å². The molecule has 0 radical (unpaired) electrons. The van der Waals surface area contributed by atoms with Gasteiger partial charge < -0.3 is 15.7 Å². The Balaban J connectivity index is 2.56. The first-order valence-electron chi connectivity index (χ1n) is 5.19. The molecule has 0 unspecified atom stereocenters. The van der Waals surface area contributed by atoms with Crippen LogP contribution in [0.4, 0.5) is 14.5 Å². The van der Waals surface area contributed by atoms with Crippen LogP contribution in [0.3, 0.4) is 0 Å². The van der Waals surface area contributed by atoms with Crippen molar-refractivity contribution in [3.8, 4) is 0 Å². The highest BCUT2D eigenvalue weighted by atomic mass is 19.1. The van der Waals surface area contributed by atoms with Gasteiger partial charge in [-0.1, -0.05) is 0 Å². The molecule has 0 aliphatic rings. The molecule has 1 rings (SSSR count). The first-order chi connectivity index (χ1) is 8.54. The smallest absolute Gasteiger partial charge is 0.313 e. The van der Waals surface area contributed by atoms with Crippen molar-refractivity contribution >= 4 is 17.5 Å². The molecule has 2 amide bonds. The molecular weight excluding hydrogens is 246 g/mol. The molecule has 0 aliphatic carbocycles. The summed E-state index contributed by atoms with van der Waals surface area (Å²) in [5, 5.41) is 12.7. The Kier molecular flexibility index (Phi) is 5.19. The predicted octanol–water partition coefficient (Wildman–Crippen LogP) is 0.402. The van der Waals surface area contributed by atoms with Crippen LogP contribution in [0.2, 0.25) is 0 Å². The molecule has 1 aromatic rings. The van der Waals surface area contributed by atoms with Crippen LogP contribution in [-0.4, -0.2) is 30.1 Å². The lowest BCUT2D eigenvalue weighted by atomic mass is 10.3. The second-order valence-corrected chi connectivity index (χ2v) is 3.41. The van der Waals surface area contributed by atoms with Crippen molar-refractivity contribution < 1.29 is 23.5 Å². The molecule has 0 bridgehead atoms. The Morgan fingerprint density at radius 1 is 1.22 bits per heavy atom. The van der Waals surface area contributed by atoms with Crippen molar-refractivity contribution in [2.75, 3.05) is 18.5 Å². The van der Waals surface area contributed by atoms with Gasteiger partial charge in [0, 0.05) is 19.2 Å². The summed E-state index contributed by atoms with van der Waals surface area (Å²) >= 11 is 0. The van der Waals surface area contributed by atoms with Crippen molar-refractivity contribution in [3.05, 3.63) is 29.8 Å². The molecule has 0 fully saturated rings. The molecule has 0 saturated heterocycles. The van der Waals surface area contributed by atoms with Gasteiger partial charge in [0.1, 0.15) is 11.6 Å². The third-order valence-corrected chi connectivity index (χ3v) is 2.01. The van der Waals surface area contributed by atoms with Crippen LogP contribution in [0, 0.1) is 11.6 Å². The molecule has 0 heterocycles. The molecule has 5 nitrogen and oxygen atoms in total. The van der Waals surface area contributed by atoms with E-state index in [-0.39, 0.29) is 18.8 Å². The van der Waals surface area contributed by atoms with E-state index in [4.69, 9.17) is 5.11 Å². The van der Waals surface area contributed by atoms with Crippen LogP contribution in [0.1, 0.15) is 6.42 Å². The van der Waals surface area contributed by atoms with E-state index in [0.717, 1.165) is 12.1 Å². The number of benzene rings is 1. The van der Waals surface area contributed by atoms with Crippen LogP contribution in [0.5, 0.6) is 0 Å². The lowest BCUT2D eigenvalue weighted by Crippen LogP contribution is -2.36. The maximum Gasteiger partial charge on any atom is 0.313 e. The first-order valence-corrected chi connectivity index (χ1v) is 5.19. The lowest BCUT2D eigenvalue weighted by Gasteiger charge is -2.06. The Labute approximate surface area is 102 Å². The van der Waals surface area contributed by atoms with E-state index < -0.39 is 23.4 Å². The second-order valence-electron chi connectivity index (χ2n) is 3.41. The molecular formula is C11H12F2N2O3. The lowest BCUT2D eigenvalue weighted by molar-refractivity contribution is -0.136. The zero-order chi connectivity index (χ0) is 13.5. The maximum atomic E-state index is 13.2. The summed E-state index contributed by atoms with van der Waals surface area (Å²) in [4.78, 5) is 22.5. The van der Waals surface area contributed by atoms with Crippen molar-refractivity contribution in [3.63, 3.8) is 0 Å². The highest BCUT2D eigenvalue weighted by Gasteiger charge is 2.15. The third kappa shape index (κ3) is 4.10. The number of carbonyl (C=O) groups is 2. The summed E-state index contributed by atoms with van der Waals surface area (Å²) in [5.41, 5.74) is -0.279. The summed E-state index contributed by atoms with van der Waals surface area (Å²) in [7, 11) is 0. The first kappa shape index (κ1) is 14.0. The number of halogens is 2. The highest BCUT2D eigenvalue weighted by Crippen LogP contribution is 2.14.